The predicted molar refractivity (Wildman–Crippen MR) is 69.2 cm³/mol. The Hall–Kier alpha value is -2.24. The van der Waals surface area contributed by atoms with Gasteiger partial charge in [0.1, 0.15) is 11.3 Å². The number of nitrogens with two attached hydrogens (primary N) is 1. The second-order valence-electron chi connectivity index (χ2n) is 3.92. The number of benzene rings is 1. The van der Waals surface area contributed by atoms with E-state index in [1.807, 2.05) is 6.92 Å². The van der Waals surface area contributed by atoms with Crippen molar-refractivity contribution in [1.82, 2.24) is 0 Å². The summed E-state index contributed by atoms with van der Waals surface area (Å²) in [5, 5.41) is 8.96. The highest BCUT2D eigenvalue weighted by Gasteiger charge is 2.13. The van der Waals surface area contributed by atoms with Gasteiger partial charge in [-0.05, 0) is 18.6 Å². The Labute approximate surface area is 111 Å². The van der Waals surface area contributed by atoms with Gasteiger partial charge in [-0.1, -0.05) is 13.3 Å². The summed E-state index contributed by atoms with van der Waals surface area (Å²) in [5.41, 5.74) is 5.86. The molecule has 6 heteroatoms. The van der Waals surface area contributed by atoms with Gasteiger partial charge in [0, 0.05) is 11.8 Å². The number of hydrogen-bond donors (Lipinski definition) is 2. The second kappa shape index (κ2) is 7.25. The lowest BCUT2D eigenvalue weighted by Gasteiger charge is -2.09. The Morgan fingerprint density at radius 1 is 1.37 bits per heavy atom. The number of aromatic carboxylic acids is 1. The molecule has 0 amide bonds. The minimum atomic E-state index is -1.14. The van der Waals surface area contributed by atoms with Crippen LogP contribution in [0.2, 0.25) is 0 Å². The van der Waals surface area contributed by atoms with E-state index in [4.69, 9.17) is 20.3 Å². The molecule has 1 rings (SSSR count). The topological polar surface area (TPSA) is 98.9 Å². The van der Waals surface area contributed by atoms with Crippen molar-refractivity contribution in [2.75, 3.05) is 18.9 Å². The number of ether oxygens (including phenoxy) is 2. The van der Waals surface area contributed by atoms with Gasteiger partial charge in [-0.2, -0.15) is 0 Å². The van der Waals surface area contributed by atoms with Crippen LogP contribution in [0.1, 0.15) is 30.1 Å². The molecule has 1 aromatic carbocycles. The molecule has 0 aliphatic heterocycles. The average Bonchev–Trinajstić information content (AvgIpc) is 2.36. The van der Waals surface area contributed by atoms with Gasteiger partial charge in [0.25, 0.3) is 0 Å². The van der Waals surface area contributed by atoms with E-state index in [0.717, 1.165) is 12.8 Å². The number of carboxylic acids is 1. The van der Waals surface area contributed by atoms with Crippen LogP contribution < -0.4 is 10.5 Å². The third kappa shape index (κ3) is 4.87. The van der Waals surface area contributed by atoms with E-state index < -0.39 is 11.9 Å². The SMILES string of the molecule is CCCCOC(=O)COc1cc(N)ccc1C(=O)O. The molecule has 0 aromatic heterocycles. The first-order chi connectivity index (χ1) is 9.04. The molecule has 0 heterocycles. The van der Waals surface area contributed by atoms with Crippen LogP contribution in [0, 0.1) is 0 Å². The van der Waals surface area contributed by atoms with Crippen molar-refractivity contribution in [3.8, 4) is 5.75 Å². The van der Waals surface area contributed by atoms with Gasteiger partial charge in [-0.25, -0.2) is 9.59 Å². The average molecular weight is 267 g/mol. The molecule has 19 heavy (non-hydrogen) atoms. The number of rotatable bonds is 7. The van der Waals surface area contributed by atoms with Crippen molar-refractivity contribution in [3.05, 3.63) is 23.8 Å². The van der Waals surface area contributed by atoms with Crippen LogP contribution in [0.3, 0.4) is 0 Å². The fourth-order valence-corrected chi connectivity index (χ4v) is 1.34. The highest BCUT2D eigenvalue weighted by molar-refractivity contribution is 5.91. The molecule has 0 aliphatic rings. The molecule has 0 bridgehead atoms. The molecule has 0 saturated heterocycles. The lowest BCUT2D eigenvalue weighted by Crippen LogP contribution is -2.16. The van der Waals surface area contributed by atoms with Gasteiger partial charge >= 0.3 is 11.9 Å². The Kier molecular flexibility index (Phi) is 5.66. The van der Waals surface area contributed by atoms with Crippen LogP contribution in [0.15, 0.2) is 18.2 Å². The summed E-state index contributed by atoms with van der Waals surface area (Å²) >= 11 is 0. The molecule has 6 nitrogen and oxygen atoms in total. The van der Waals surface area contributed by atoms with Crippen LogP contribution in [0.5, 0.6) is 5.75 Å². The summed E-state index contributed by atoms with van der Waals surface area (Å²) in [6.45, 7) is 1.98. The maximum atomic E-state index is 11.3. The normalized spacial score (nSPS) is 9.95. The molecule has 0 fully saturated rings. The van der Waals surface area contributed by atoms with E-state index in [-0.39, 0.29) is 17.9 Å². The Balaban J connectivity index is 2.59. The van der Waals surface area contributed by atoms with Crippen LogP contribution in [0.4, 0.5) is 5.69 Å². The minimum Gasteiger partial charge on any atom is -0.481 e. The summed E-state index contributed by atoms with van der Waals surface area (Å²) in [4.78, 5) is 22.3. The molecule has 0 aliphatic carbocycles. The fraction of sp³-hybridized carbons (Fsp3) is 0.385. The van der Waals surface area contributed by atoms with E-state index in [1.54, 1.807) is 0 Å². The summed E-state index contributed by atoms with van der Waals surface area (Å²) in [6, 6.07) is 4.15. The van der Waals surface area contributed by atoms with E-state index in [1.165, 1.54) is 18.2 Å². The summed E-state index contributed by atoms with van der Waals surface area (Å²) in [6.07, 6.45) is 1.71. The first kappa shape index (κ1) is 14.8. The van der Waals surface area contributed by atoms with Crippen molar-refractivity contribution in [2.45, 2.75) is 19.8 Å². The number of esters is 1. The quantitative estimate of drug-likeness (QED) is 0.443. The van der Waals surface area contributed by atoms with E-state index in [0.29, 0.717) is 12.3 Å². The lowest BCUT2D eigenvalue weighted by molar-refractivity contribution is -0.146. The minimum absolute atomic E-state index is 0.0458. The second-order valence-corrected chi connectivity index (χ2v) is 3.92. The highest BCUT2D eigenvalue weighted by Crippen LogP contribution is 2.21. The predicted octanol–water partition coefficient (Wildman–Crippen LogP) is 1.69. The maximum absolute atomic E-state index is 11.3. The summed E-state index contributed by atoms with van der Waals surface area (Å²) < 4.78 is 10.0. The molecular formula is C13H17NO5. The van der Waals surface area contributed by atoms with Crippen molar-refractivity contribution in [2.24, 2.45) is 0 Å². The zero-order valence-corrected chi connectivity index (χ0v) is 10.7. The van der Waals surface area contributed by atoms with Crippen molar-refractivity contribution in [3.63, 3.8) is 0 Å². The molecule has 0 atom stereocenters. The number of nitrogen functional groups attached to an aromatic ring is 1. The smallest absolute Gasteiger partial charge is 0.344 e. The summed E-state index contributed by atoms with van der Waals surface area (Å²) in [5.74, 6) is -1.62. The van der Waals surface area contributed by atoms with E-state index in [9.17, 15) is 9.59 Å². The van der Waals surface area contributed by atoms with Gasteiger partial charge in [0.15, 0.2) is 6.61 Å². The molecule has 1 aromatic rings. The molecule has 104 valence electrons. The molecule has 0 spiro atoms. The molecule has 0 unspecified atom stereocenters. The van der Waals surface area contributed by atoms with Gasteiger partial charge < -0.3 is 20.3 Å². The Bertz CT molecular complexity index is 458. The van der Waals surface area contributed by atoms with Crippen molar-refractivity contribution >= 4 is 17.6 Å². The first-order valence-electron chi connectivity index (χ1n) is 5.95. The number of carboxylic acid groups (broad SMARTS) is 1. The number of anilines is 1. The molecule has 0 saturated carbocycles. The van der Waals surface area contributed by atoms with Crippen LogP contribution in [0.25, 0.3) is 0 Å². The first-order valence-corrected chi connectivity index (χ1v) is 5.95. The fourth-order valence-electron chi connectivity index (χ4n) is 1.34. The largest absolute Gasteiger partial charge is 0.481 e. The monoisotopic (exact) mass is 267 g/mol. The van der Waals surface area contributed by atoms with E-state index >= 15 is 0 Å². The zero-order valence-electron chi connectivity index (χ0n) is 10.7. The number of hydrogen-bond acceptors (Lipinski definition) is 5. The third-order valence-electron chi connectivity index (χ3n) is 2.34. The lowest BCUT2D eigenvalue weighted by atomic mass is 10.2. The van der Waals surface area contributed by atoms with E-state index in [2.05, 4.69) is 0 Å². The van der Waals surface area contributed by atoms with Gasteiger partial charge in [-0.15, -0.1) is 0 Å². The highest BCUT2D eigenvalue weighted by atomic mass is 16.6. The third-order valence-corrected chi connectivity index (χ3v) is 2.34. The molecular weight excluding hydrogens is 250 g/mol. The Morgan fingerprint density at radius 2 is 2.11 bits per heavy atom. The summed E-state index contributed by atoms with van der Waals surface area (Å²) in [7, 11) is 0. The van der Waals surface area contributed by atoms with Crippen molar-refractivity contribution in [1.29, 1.82) is 0 Å². The number of carbonyl (C=O) groups excluding carboxylic acids is 1. The van der Waals surface area contributed by atoms with Crippen LogP contribution in [-0.2, 0) is 9.53 Å². The van der Waals surface area contributed by atoms with Crippen LogP contribution in [-0.4, -0.2) is 30.3 Å². The molecule has 3 N–H and O–H groups in total. The molecule has 0 radical (unpaired) electrons. The van der Waals surface area contributed by atoms with Gasteiger partial charge in [0.05, 0.1) is 6.61 Å². The van der Waals surface area contributed by atoms with Gasteiger partial charge in [-0.3, -0.25) is 0 Å². The van der Waals surface area contributed by atoms with Crippen LogP contribution >= 0.6 is 0 Å². The van der Waals surface area contributed by atoms with Gasteiger partial charge in [0.2, 0.25) is 0 Å². The van der Waals surface area contributed by atoms with Crippen molar-refractivity contribution < 1.29 is 24.2 Å². The maximum Gasteiger partial charge on any atom is 0.344 e. The zero-order chi connectivity index (χ0) is 14.3. The number of unbranched alkanes of at least 4 members (excludes halogenated alkanes) is 1. The Morgan fingerprint density at radius 3 is 2.74 bits per heavy atom. The number of carbonyl (C=O) groups is 2. The standard InChI is InChI=1S/C13H17NO5/c1-2-3-6-18-12(15)8-19-11-7-9(14)4-5-10(11)13(16)17/h4-5,7H,2-3,6,8,14H2,1H3,(H,16,17).